The van der Waals surface area contributed by atoms with Crippen LogP contribution in [0.3, 0.4) is 0 Å². The van der Waals surface area contributed by atoms with E-state index in [4.69, 9.17) is 0 Å². The highest BCUT2D eigenvalue weighted by molar-refractivity contribution is 7.99. The van der Waals surface area contributed by atoms with Crippen molar-refractivity contribution in [2.75, 3.05) is 32.4 Å². The lowest BCUT2D eigenvalue weighted by molar-refractivity contribution is -0.146. The smallest absolute Gasteiger partial charge is 0.242 e. The molecule has 1 aromatic rings. The van der Waals surface area contributed by atoms with Crippen molar-refractivity contribution in [3.8, 4) is 0 Å². The van der Waals surface area contributed by atoms with Crippen molar-refractivity contribution in [2.24, 2.45) is 0 Å². The van der Waals surface area contributed by atoms with Gasteiger partial charge < -0.3 is 4.90 Å². The zero-order valence-electron chi connectivity index (χ0n) is 11.9. The van der Waals surface area contributed by atoms with Crippen LogP contribution in [0, 0.1) is 0 Å². The molecule has 0 bridgehead atoms. The normalized spacial score (nSPS) is 19.7. The van der Waals surface area contributed by atoms with E-state index in [-0.39, 0.29) is 11.4 Å². The minimum absolute atomic E-state index is 0.225. The van der Waals surface area contributed by atoms with Crippen LogP contribution in [0.2, 0.25) is 0 Å². The molecule has 0 atom stereocenters. The van der Waals surface area contributed by atoms with E-state index in [2.05, 4.69) is 29.2 Å². The minimum Gasteiger partial charge on any atom is -0.343 e. The number of hydrogen-bond acceptors (Lipinski definition) is 3. The van der Waals surface area contributed by atoms with Gasteiger partial charge in [-0.3, -0.25) is 9.69 Å². The first-order valence-corrected chi connectivity index (χ1v) is 7.69. The molecule has 104 valence electrons. The van der Waals surface area contributed by atoms with Crippen LogP contribution in [0.5, 0.6) is 0 Å². The highest BCUT2D eigenvalue weighted by atomic mass is 32.2. The van der Waals surface area contributed by atoms with E-state index in [9.17, 15) is 4.79 Å². The van der Waals surface area contributed by atoms with Gasteiger partial charge in [-0.15, -0.1) is 11.8 Å². The molecule has 1 amide bonds. The standard InChI is InChI=1S/C15H22N2OS/c1-15(2)14(18)16(3)9-10-17(15)11-12-19-13-7-5-4-6-8-13/h4-8H,9-12H2,1-3H3. The topological polar surface area (TPSA) is 23.6 Å². The highest BCUT2D eigenvalue weighted by Gasteiger charge is 2.39. The van der Waals surface area contributed by atoms with Gasteiger partial charge in [0.15, 0.2) is 0 Å². The molecule has 0 spiro atoms. The summed E-state index contributed by atoms with van der Waals surface area (Å²) in [5.74, 6) is 1.24. The second-order valence-corrected chi connectivity index (χ2v) is 6.60. The van der Waals surface area contributed by atoms with Gasteiger partial charge >= 0.3 is 0 Å². The van der Waals surface area contributed by atoms with Gasteiger partial charge in [-0.1, -0.05) is 18.2 Å². The van der Waals surface area contributed by atoms with Crippen LogP contribution >= 0.6 is 11.8 Å². The summed E-state index contributed by atoms with van der Waals surface area (Å²) in [5, 5.41) is 0. The molecule has 0 aliphatic carbocycles. The molecule has 2 rings (SSSR count). The van der Waals surface area contributed by atoms with E-state index in [0.29, 0.717) is 0 Å². The van der Waals surface area contributed by atoms with Crippen LogP contribution in [0.4, 0.5) is 0 Å². The van der Waals surface area contributed by atoms with Crippen molar-refractivity contribution in [2.45, 2.75) is 24.3 Å². The zero-order chi connectivity index (χ0) is 13.9. The quantitative estimate of drug-likeness (QED) is 0.790. The summed E-state index contributed by atoms with van der Waals surface area (Å²) in [6.45, 7) is 6.80. The molecule has 3 nitrogen and oxygen atoms in total. The van der Waals surface area contributed by atoms with Gasteiger partial charge in [0.05, 0.1) is 5.54 Å². The molecule has 1 aromatic carbocycles. The highest BCUT2D eigenvalue weighted by Crippen LogP contribution is 2.23. The molecule has 0 N–H and O–H groups in total. The number of carbonyl (C=O) groups excluding carboxylic acids is 1. The minimum atomic E-state index is -0.371. The Balaban J connectivity index is 1.87. The van der Waals surface area contributed by atoms with Crippen molar-refractivity contribution in [3.05, 3.63) is 30.3 Å². The number of nitrogens with zero attached hydrogens (tertiary/aromatic N) is 2. The molecule has 19 heavy (non-hydrogen) atoms. The second kappa shape index (κ2) is 5.97. The SMILES string of the molecule is CN1CCN(CCSc2ccccc2)C(C)(C)C1=O. The lowest BCUT2D eigenvalue weighted by Gasteiger charge is -2.44. The molecule has 4 heteroatoms. The van der Waals surface area contributed by atoms with Crippen LogP contribution < -0.4 is 0 Å². The summed E-state index contributed by atoms with van der Waals surface area (Å²) in [7, 11) is 1.89. The molecule has 0 aromatic heterocycles. The zero-order valence-corrected chi connectivity index (χ0v) is 12.7. The third-order valence-corrected chi connectivity index (χ3v) is 4.73. The number of hydrogen-bond donors (Lipinski definition) is 0. The first kappa shape index (κ1) is 14.4. The molecular weight excluding hydrogens is 256 g/mol. The molecule has 1 fully saturated rings. The van der Waals surface area contributed by atoms with Crippen LogP contribution in [-0.4, -0.2) is 53.7 Å². The fraction of sp³-hybridized carbons (Fsp3) is 0.533. The molecule has 1 heterocycles. The largest absolute Gasteiger partial charge is 0.343 e. The van der Waals surface area contributed by atoms with Gasteiger partial charge in [0.2, 0.25) is 5.91 Å². The van der Waals surface area contributed by atoms with E-state index in [0.717, 1.165) is 25.4 Å². The predicted octanol–water partition coefficient (Wildman–Crippen LogP) is 2.33. The Hall–Kier alpha value is -1.00. The average Bonchev–Trinajstić information content (AvgIpc) is 2.40. The number of thioether (sulfide) groups is 1. The summed E-state index contributed by atoms with van der Waals surface area (Å²) in [5.41, 5.74) is -0.371. The Bertz CT molecular complexity index is 433. The monoisotopic (exact) mass is 278 g/mol. The summed E-state index contributed by atoms with van der Waals surface area (Å²) < 4.78 is 0. The van der Waals surface area contributed by atoms with Gasteiger partial charge in [0, 0.05) is 37.3 Å². The van der Waals surface area contributed by atoms with Crippen molar-refractivity contribution in [1.29, 1.82) is 0 Å². The van der Waals surface area contributed by atoms with Gasteiger partial charge in [-0.2, -0.15) is 0 Å². The summed E-state index contributed by atoms with van der Waals surface area (Å²) in [6.07, 6.45) is 0. The van der Waals surface area contributed by atoms with E-state index in [1.807, 2.05) is 43.6 Å². The number of likely N-dealkylation sites (N-methyl/N-ethyl adjacent to an activating group) is 1. The number of amides is 1. The number of carbonyl (C=O) groups is 1. The Kier molecular flexibility index (Phi) is 4.53. The number of benzene rings is 1. The van der Waals surface area contributed by atoms with Gasteiger partial charge in [-0.25, -0.2) is 0 Å². The van der Waals surface area contributed by atoms with Crippen LogP contribution in [0.1, 0.15) is 13.8 Å². The van der Waals surface area contributed by atoms with Crippen molar-refractivity contribution in [3.63, 3.8) is 0 Å². The van der Waals surface area contributed by atoms with Crippen molar-refractivity contribution < 1.29 is 4.79 Å². The second-order valence-electron chi connectivity index (χ2n) is 5.43. The lowest BCUT2D eigenvalue weighted by atomic mass is 9.98. The molecule has 1 saturated heterocycles. The number of piperazine rings is 1. The lowest BCUT2D eigenvalue weighted by Crippen LogP contribution is -2.62. The van der Waals surface area contributed by atoms with E-state index < -0.39 is 0 Å². The van der Waals surface area contributed by atoms with E-state index >= 15 is 0 Å². The third-order valence-electron chi connectivity index (χ3n) is 3.74. The predicted molar refractivity (Wildman–Crippen MR) is 80.5 cm³/mol. The molecule has 0 radical (unpaired) electrons. The van der Waals surface area contributed by atoms with Gasteiger partial charge in [0.1, 0.15) is 0 Å². The first-order valence-electron chi connectivity index (χ1n) is 6.70. The average molecular weight is 278 g/mol. The molecule has 1 aliphatic rings. The van der Waals surface area contributed by atoms with Crippen molar-refractivity contribution >= 4 is 17.7 Å². The fourth-order valence-electron chi connectivity index (χ4n) is 2.44. The molecule has 1 aliphatic heterocycles. The van der Waals surface area contributed by atoms with Gasteiger partial charge in [0.25, 0.3) is 0 Å². The maximum Gasteiger partial charge on any atom is 0.242 e. The van der Waals surface area contributed by atoms with Gasteiger partial charge in [-0.05, 0) is 26.0 Å². The Morgan fingerprint density at radius 2 is 1.89 bits per heavy atom. The maximum atomic E-state index is 12.2. The summed E-state index contributed by atoms with van der Waals surface area (Å²) in [6, 6.07) is 10.4. The molecule has 0 unspecified atom stereocenters. The van der Waals surface area contributed by atoms with Crippen molar-refractivity contribution in [1.82, 2.24) is 9.80 Å². The van der Waals surface area contributed by atoms with E-state index in [1.165, 1.54) is 4.90 Å². The third kappa shape index (κ3) is 3.31. The molecule has 0 saturated carbocycles. The Morgan fingerprint density at radius 1 is 1.21 bits per heavy atom. The summed E-state index contributed by atoms with van der Waals surface area (Å²) in [4.78, 5) is 17.6. The Labute approximate surface area is 120 Å². The van der Waals surface area contributed by atoms with Crippen LogP contribution in [0.15, 0.2) is 35.2 Å². The Morgan fingerprint density at radius 3 is 2.58 bits per heavy atom. The fourth-order valence-corrected chi connectivity index (χ4v) is 3.33. The molecular formula is C15H22N2OS. The maximum absolute atomic E-state index is 12.2. The van der Waals surface area contributed by atoms with Crippen LogP contribution in [0.25, 0.3) is 0 Å². The number of rotatable bonds is 4. The first-order chi connectivity index (χ1) is 9.01. The van der Waals surface area contributed by atoms with Crippen LogP contribution in [-0.2, 0) is 4.79 Å². The van der Waals surface area contributed by atoms with E-state index in [1.54, 1.807) is 0 Å². The summed E-state index contributed by atoms with van der Waals surface area (Å²) >= 11 is 1.85.